The Balaban J connectivity index is 1.76. The van der Waals surface area contributed by atoms with Crippen LogP contribution in [0.4, 0.5) is 0 Å². The average Bonchev–Trinajstić information content (AvgIpc) is 3.39. The van der Waals surface area contributed by atoms with E-state index < -0.39 is 0 Å². The minimum Gasteiger partial charge on any atom is -0.361 e. The molecule has 0 radical (unpaired) electrons. The second-order valence-electron chi connectivity index (χ2n) is 7.85. The molecule has 0 unspecified atom stereocenters. The Bertz CT molecular complexity index is 1340. The average molecular weight is 398 g/mol. The van der Waals surface area contributed by atoms with Crippen molar-refractivity contribution >= 4 is 44.9 Å². The van der Waals surface area contributed by atoms with Crippen LogP contribution in [0.3, 0.4) is 0 Å². The van der Waals surface area contributed by atoms with Crippen molar-refractivity contribution in [3.63, 3.8) is 0 Å². The zero-order valence-corrected chi connectivity index (χ0v) is 16.9. The summed E-state index contributed by atoms with van der Waals surface area (Å²) in [7, 11) is 4.08. The molecule has 0 saturated carbocycles. The first-order chi connectivity index (χ1) is 14.5. The number of fused-ring (bicyclic) bond motifs is 2. The molecular formula is C24H22N4O2. The van der Waals surface area contributed by atoms with Crippen LogP contribution in [0.25, 0.3) is 33.1 Å². The Morgan fingerprint density at radius 1 is 0.933 bits per heavy atom. The first kappa shape index (κ1) is 18.4. The molecule has 2 amide bonds. The molecule has 0 fully saturated rings. The Kier molecular flexibility index (Phi) is 4.29. The number of aromatic nitrogens is 2. The summed E-state index contributed by atoms with van der Waals surface area (Å²) < 4.78 is 1.87. The number of nitrogens with zero attached hydrogens (tertiary/aromatic N) is 2. The Morgan fingerprint density at radius 2 is 1.67 bits per heavy atom. The second-order valence-corrected chi connectivity index (χ2v) is 7.85. The van der Waals surface area contributed by atoms with Gasteiger partial charge in [-0.25, -0.2) is 0 Å². The van der Waals surface area contributed by atoms with Gasteiger partial charge >= 0.3 is 0 Å². The highest BCUT2D eigenvalue weighted by atomic mass is 16.2. The van der Waals surface area contributed by atoms with Gasteiger partial charge in [0.1, 0.15) is 5.70 Å². The topological polar surface area (TPSA) is 70.1 Å². The van der Waals surface area contributed by atoms with Gasteiger partial charge in [0, 0.05) is 40.8 Å². The van der Waals surface area contributed by atoms with E-state index in [9.17, 15) is 9.59 Å². The van der Waals surface area contributed by atoms with Gasteiger partial charge in [0.25, 0.3) is 11.8 Å². The van der Waals surface area contributed by atoms with Gasteiger partial charge in [-0.2, -0.15) is 0 Å². The lowest BCUT2D eigenvalue weighted by atomic mass is 10.0. The van der Waals surface area contributed by atoms with E-state index in [1.54, 1.807) is 6.20 Å². The lowest BCUT2D eigenvalue weighted by Crippen LogP contribution is -2.23. The zero-order chi connectivity index (χ0) is 20.8. The number of nitrogens with one attached hydrogen (secondary N) is 2. The van der Waals surface area contributed by atoms with Crippen molar-refractivity contribution in [3.05, 3.63) is 72.1 Å². The minimum absolute atomic E-state index is 0.368. The standard InChI is InChI=1S/C24H22N4O2/c1-27(2)12-11-15-14-28(20-10-6-4-7-16(15)20)22-21(23(29)26-24(22)30)18-13-25-19-9-5-3-8-17(18)19/h3-10,13-14,25H,11-12H2,1-2H3,(H,26,29,30). The van der Waals surface area contributed by atoms with Crippen molar-refractivity contribution < 1.29 is 9.59 Å². The number of hydrogen-bond acceptors (Lipinski definition) is 3. The maximum atomic E-state index is 12.9. The molecule has 150 valence electrons. The number of rotatable bonds is 5. The van der Waals surface area contributed by atoms with Crippen LogP contribution in [-0.2, 0) is 16.0 Å². The molecule has 6 nitrogen and oxygen atoms in total. The normalized spacial score (nSPS) is 14.5. The third-order valence-electron chi connectivity index (χ3n) is 5.63. The van der Waals surface area contributed by atoms with Gasteiger partial charge in [0.2, 0.25) is 0 Å². The predicted octanol–water partition coefficient (Wildman–Crippen LogP) is 3.25. The Labute approximate surface area is 173 Å². The van der Waals surface area contributed by atoms with Crippen LogP contribution in [0, 0.1) is 0 Å². The summed E-state index contributed by atoms with van der Waals surface area (Å²) in [6.45, 7) is 0.896. The number of para-hydroxylation sites is 2. The largest absolute Gasteiger partial charge is 0.361 e. The highest BCUT2D eigenvalue weighted by Crippen LogP contribution is 2.35. The maximum Gasteiger partial charge on any atom is 0.275 e. The monoisotopic (exact) mass is 398 g/mol. The molecule has 0 atom stereocenters. The summed E-state index contributed by atoms with van der Waals surface area (Å²) in [5.74, 6) is -0.743. The minimum atomic E-state index is -0.375. The van der Waals surface area contributed by atoms with Gasteiger partial charge in [-0.1, -0.05) is 36.4 Å². The molecule has 0 saturated heterocycles. The number of aromatic amines is 1. The molecular weight excluding hydrogens is 376 g/mol. The Morgan fingerprint density at radius 3 is 2.47 bits per heavy atom. The highest BCUT2D eigenvalue weighted by molar-refractivity contribution is 6.47. The summed E-state index contributed by atoms with van der Waals surface area (Å²) >= 11 is 0. The van der Waals surface area contributed by atoms with Gasteiger partial charge in [-0.3, -0.25) is 14.9 Å². The molecule has 1 aliphatic rings. The second kappa shape index (κ2) is 7.00. The molecule has 0 aliphatic carbocycles. The molecule has 1 aliphatic heterocycles. The van der Waals surface area contributed by atoms with Crippen LogP contribution in [0.5, 0.6) is 0 Å². The molecule has 2 N–H and O–H groups in total. The molecule has 5 rings (SSSR count). The summed E-state index contributed by atoms with van der Waals surface area (Å²) in [5, 5.41) is 4.51. The first-order valence-electron chi connectivity index (χ1n) is 9.95. The number of amides is 2. The van der Waals surface area contributed by atoms with Crippen LogP contribution in [-0.4, -0.2) is 46.9 Å². The van der Waals surface area contributed by atoms with Gasteiger partial charge in [0.05, 0.1) is 11.1 Å². The van der Waals surface area contributed by atoms with Crippen LogP contribution < -0.4 is 5.32 Å². The van der Waals surface area contributed by atoms with Crippen LogP contribution in [0.15, 0.2) is 60.9 Å². The summed E-state index contributed by atoms with van der Waals surface area (Å²) in [4.78, 5) is 31.1. The molecule has 0 spiro atoms. The zero-order valence-electron chi connectivity index (χ0n) is 16.9. The fourth-order valence-electron chi connectivity index (χ4n) is 4.18. The van der Waals surface area contributed by atoms with Gasteiger partial charge in [0.15, 0.2) is 0 Å². The van der Waals surface area contributed by atoms with E-state index in [0.29, 0.717) is 11.3 Å². The predicted molar refractivity (Wildman–Crippen MR) is 119 cm³/mol. The van der Waals surface area contributed by atoms with Crippen molar-refractivity contribution in [1.29, 1.82) is 0 Å². The summed E-state index contributed by atoms with van der Waals surface area (Å²) in [6, 6.07) is 15.8. The van der Waals surface area contributed by atoms with E-state index in [1.807, 2.05) is 67.3 Å². The maximum absolute atomic E-state index is 12.9. The van der Waals surface area contributed by atoms with Crippen molar-refractivity contribution in [3.8, 4) is 0 Å². The van der Waals surface area contributed by atoms with E-state index in [4.69, 9.17) is 0 Å². The molecule has 2 aromatic carbocycles. The van der Waals surface area contributed by atoms with Gasteiger partial charge < -0.3 is 14.5 Å². The molecule has 2 aromatic heterocycles. The van der Waals surface area contributed by atoms with Gasteiger partial charge in [-0.15, -0.1) is 0 Å². The molecule has 3 heterocycles. The number of H-pyrrole nitrogens is 1. The SMILES string of the molecule is CN(C)CCc1cn(C2=C(c3c[nH]c4ccccc34)C(=O)NC2=O)c2ccccc12. The Hall–Kier alpha value is -3.64. The number of carbonyl (C=O) groups excluding carboxylic acids is 2. The van der Waals surface area contributed by atoms with E-state index in [0.717, 1.165) is 45.9 Å². The number of imide groups is 1. The quantitative estimate of drug-likeness (QED) is 0.507. The fraction of sp³-hybridized carbons (Fsp3) is 0.167. The smallest absolute Gasteiger partial charge is 0.275 e. The lowest BCUT2D eigenvalue weighted by Gasteiger charge is -2.08. The molecule has 6 heteroatoms. The highest BCUT2D eigenvalue weighted by Gasteiger charge is 2.34. The summed E-state index contributed by atoms with van der Waals surface area (Å²) in [5.41, 5.74) is 4.50. The number of likely N-dealkylation sites (N-methyl/N-ethyl adjacent to an activating group) is 1. The first-order valence-corrected chi connectivity index (χ1v) is 9.95. The van der Waals surface area contributed by atoms with Crippen molar-refractivity contribution in [2.45, 2.75) is 6.42 Å². The third kappa shape index (κ3) is 2.84. The van der Waals surface area contributed by atoms with Crippen LogP contribution >= 0.6 is 0 Å². The number of benzene rings is 2. The van der Waals surface area contributed by atoms with Gasteiger partial charge in [-0.05, 0) is 38.2 Å². The number of carbonyl (C=O) groups is 2. The van der Waals surface area contributed by atoms with E-state index in [2.05, 4.69) is 21.3 Å². The summed E-state index contributed by atoms with van der Waals surface area (Å²) in [6.07, 6.45) is 4.65. The van der Waals surface area contributed by atoms with E-state index >= 15 is 0 Å². The van der Waals surface area contributed by atoms with Crippen molar-refractivity contribution in [2.24, 2.45) is 0 Å². The number of hydrogen-bond donors (Lipinski definition) is 2. The van der Waals surface area contributed by atoms with E-state index in [1.165, 1.54) is 0 Å². The fourth-order valence-corrected chi connectivity index (χ4v) is 4.18. The molecule has 4 aromatic rings. The van der Waals surface area contributed by atoms with E-state index in [-0.39, 0.29) is 11.8 Å². The third-order valence-corrected chi connectivity index (χ3v) is 5.63. The van der Waals surface area contributed by atoms with Crippen LogP contribution in [0.1, 0.15) is 11.1 Å². The van der Waals surface area contributed by atoms with Crippen molar-refractivity contribution in [2.75, 3.05) is 20.6 Å². The molecule has 0 bridgehead atoms. The molecule has 30 heavy (non-hydrogen) atoms. The lowest BCUT2D eigenvalue weighted by molar-refractivity contribution is -0.122. The van der Waals surface area contributed by atoms with Crippen molar-refractivity contribution in [1.82, 2.24) is 19.8 Å². The van der Waals surface area contributed by atoms with Crippen LogP contribution in [0.2, 0.25) is 0 Å².